The molecule has 3 atom stereocenters. The molecule has 3 unspecified atom stereocenters. The van der Waals surface area contributed by atoms with Crippen LogP contribution in [0, 0.1) is 0 Å². The topological polar surface area (TPSA) is 24.5 Å². The standard InChI is InChI=1S/C18H28N2O/c1-13-5-4-6-14(2)20(13)10-9-16-7-8-18-17(11-16)19-12-15(3)21-18/h7-8,11,13-15,19H,4-6,9-10,12H2,1-3H3. The molecule has 0 aromatic heterocycles. The Kier molecular flexibility index (Phi) is 4.39. The Morgan fingerprint density at radius 2 is 1.95 bits per heavy atom. The van der Waals surface area contributed by atoms with Crippen molar-refractivity contribution in [3.63, 3.8) is 0 Å². The lowest BCUT2D eigenvalue weighted by atomic mass is 9.96. The van der Waals surface area contributed by atoms with Crippen LogP contribution in [0.25, 0.3) is 0 Å². The Hall–Kier alpha value is -1.22. The van der Waals surface area contributed by atoms with E-state index in [1.807, 2.05) is 0 Å². The minimum Gasteiger partial charge on any atom is -0.487 e. The summed E-state index contributed by atoms with van der Waals surface area (Å²) in [7, 11) is 0. The van der Waals surface area contributed by atoms with Crippen LogP contribution in [0.1, 0.15) is 45.6 Å². The second-order valence-electron chi connectivity index (χ2n) is 6.76. The third kappa shape index (κ3) is 3.34. The van der Waals surface area contributed by atoms with Crippen molar-refractivity contribution >= 4 is 5.69 Å². The molecule has 0 spiro atoms. The lowest BCUT2D eigenvalue weighted by molar-refractivity contribution is 0.105. The maximum atomic E-state index is 5.84. The molecule has 1 aromatic rings. The van der Waals surface area contributed by atoms with E-state index >= 15 is 0 Å². The van der Waals surface area contributed by atoms with Crippen LogP contribution >= 0.6 is 0 Å². The van der Waals surface area contributed by atoms with Gasteiger partial charge in [0.2, 0.25) is 0 Å². The molecule has 3 rings (SSSR count). The molecule has 0 radical (unpaired) electrons. The molecule has 2 heterocycles. The number of anilines is 1. The van der Waals surface area contributed by atoms with Crippen LogP contribution in [-0.4, -0.2) is 36.2 Å². The summed E-state index contributed by atoms with van der Waals surface area (Å²) in [6.07, 6.45) is 5.47. The number of hydrogen-bond acceptors (Lipinski definition) is 3. The first-order valence-electron chi connectivity index (χ1n) is 8.42. The first-order chi connectivity index (χ1) is 10.1. The Morgan fingerprint density at radius 3 is 2.71 bits per heavy atom. The number of ether oxygens (including phenoxy) is 1. The zero-order chi connectivity index (χ0) is 14.8. The summed E-state index contributed by atoms with van der Waals surface area (Å²) in [4.78, 5) is 2.68. The summed E-state index contributed by atoms with van der Waals surface area (Å²) >= 11 is 0. The fraction of sp³-hybridized carbons (Fsp3) is 0.667. The monoisotopic (exact) mass is 288 g/mol. The molecule has 1 aromatic carbocycles. The van der Waals surface area contributed by atoms with Gasteiger partial charge in [-0.2, -0.15) is 0 Å². The Labute approximate surface area is 128 Å². The quantitative estimate of drug-likeness (QED) is 0.918. The molecular formula is C18H28N2O. The highest BCUT2D eigenvalue weighted by molar-refractivity contribution is 5.59. The van der Waals surface area contributed by atoms with E-state index in [9.17, 15) is 0 Å². The summed E-state index contributed by atoms with van der Waals surface area (Å²) in [6.45, 7) is 8.91. The number of fused-ring (bicyclic) bond motifs is 1. The van der Waals surface area contributed by atoms with Crippen LogP contribution in [0.15, 0.2) is 18.2 Å². The van der Waals surface area contributed by atoms with E-state index in [1.54, 1.807) is 0 Å². The van der Waals surface area contributed by atoms with Crippen molar-refractivity contribution in [1.29, 1.82) is 0 Å². The minimum absolute atomic E-state index is 0.262. The molecule has 0 aliphatic carbocycles. The van der Waals surface area contributed by atoms with Gasteiger partial charge in [0.1, 0.15) is 11.9 Å². The van der Waals surface area contributed by atoms with Gasteiger partial charge in [-0.1, -0.05) is 12.5 Å². The largest absolute Gasteiger partial charge is 0.487 e. The van der Waals surface area contributed by atoms with Crippen molar-refractivity contribution in [3.05, 3.63) is 23.8 Å². The second-order valence-corrected chi connectivity index (χ2v) is 6.76. The highest BCUT2D eigenvalue weighted by Gasteiger charge is 2.24. The van der Waals surface area contributed by atoms with Gasteiger partial charge in [-0.15, -0.1) is 0 Å². The normalized spacial score (nSPS) is 29.4. The van der Waals surface area contributed by atoms with E-state index in [0.29, 0.717) is 0 Å². The zero-order valence-electron chi connectivity index (χ0n) is 13.6. The van der Waals surface area contributed by atoms with Crippen LogP contribution in [-0.2, 0) is 6.42 Å². The van der Waals surface area contributed by atoms with Gasteiger partial charge in [0, 0.05) is 18.6 Å². The van der Waals surface area contributed by atoms with E-state index < -0.39 is 0 Å². The van der Waals surface area contributed by atoms with Crippen molar-refractivity contribution < 1.29 is 4.74 Å². The van der Waals surface area contributed by atoms with Gasteiger partial charge in [0.25, 0.3) is 0 Å². The predicted molar refractivity (Wildman–Crippen MR) is 88.2 cm³/mol. The number of hydrogen-bond donors (Lipinski definition) is 1. The summed E-state index contributed by atoms with van der Waals surface area (Å²) in [5.74, 6) is 0.997. The molecule has 0 bridgehead atoms. The van der Waals surface area contributed by atoms with Crippen LogP contribution in [0.4, 0.5) is 5.69 Å². The third-order valence-electron chi connectivity index (χ3n) is 4.99. The van der Waals surface area contributed by atoms with Gasteiger partial charge < -0.3 is 10.1 Å². The van der Waals surface area contributed by atoms with E-state index in [1.165, 1.54) is 31.4 Å². The first kappa shape index (κ1) is 14.7. The fourth-order valence-electron chi connectivity index (χ4n) is 3.66. The highest BCUT2D eigenvalue weighted by atomic mass is 16.5. The first-order valence-corrected chi connectivity index (χ1v) is 8.42. The molecule has 0 saturated carbocycles. The number of likely N-dealkylation sites (tertiary alicyclic amines) is 1. The fourth-order valence-corrected chi connectivity index (χ4v) is 3.66. The molecular weight excluding hydrogens is 260 g/mol. The molecule has 3 heteroatoms. The van der Waals surface area contributed by atoms with E-state index in [4.69, 9.17) is 4.74 Å². The van der Waals surface area contributed by atoms with Crippen LogP contribution in [0.3, 0.4) is 0 Å². The van der Waals surface area contributed by atoms with Gasteiger partial charge in [-0.25, -0.2) is 0 Å². The third-order valence-corrected chi connectivity index (χ3v) is 4.99. The van der Waals surface area contributed by atoms with E-state index in [-0.39, 0.29) is 6.10 Å². The van der Waals surface area contributed by atoms with Crippen molar-refractivity contribution in [2.24, 2.45) is 0 Å². The predicted octanol–water partition coefficient (Wildman–Crippen LogP) is 3.68. The summed E-state index contributed by atoms with van der Waals surface area (Å²) in [6, 6.07) is 8.07. The molecule has 1 N–H and O–H groups in total. The van der Waals surface area contributed by atoms with Gasteiger partial charge in [0.05, 0.1) is 12.2 Å². The summed E-state index contributed by atoms with van der Waals surface area (Å²) in [5.41, 5.74) is 2.56. The maximum absolute atomic E-state index is 5.84. The highest BCUT2D eigenvalue weighted by Crippen LogP contribution is 2.30. The molecule has 3 nitrogen and oxygen atoms in total. The van der Waals surface area contributed by atoms with Gasteiger partial charge in [-0.05, 0) is 57.7 Å². The van der Waals surface area contributed by atoms with Gasteiger partial charge in [0.15, 0.2) is 0 Å². The number of nitrogens with one attached hydrogen (secondary N) is 1. The zero-order valence-corrected chi connectivity index (χ0v) is 13.6. The van der Waals surface area contributed by atoms with Crippen molar-refractivity contribution in [2.45, 2.75) is 64.6 Å². The molecule has 2 aliphatic rings. The summed E-state index contributed by atoms with van der Waals surface area (Å²) < 4.78 is 5.84. The number of nitrogens with zero attached hydrogens (tertiary/aromatic N) is 1. The molecule has 1 fully saturated rings. The molecule has 116 valence electrons. The SMILES string of the molecule is CC1CNc2cc(CCN3C(C)CCCC3C)ccc2O1. The van der Waals surface area contributed by atoms with Gasteiger partial charge in [-0.3, -0.25) is 4.90 Å². The number of rotatable bonds is 3. The summed E-state index contributed by atoms with van der Waals surface area (Å²) in [5, 5.41) is 3.47. The number of benzene rings is 1. The minimum atomic E-state index is 0.262. The molecule has 2 aliphatic heterocycles. The molecule has 21 heavy (non-hydrogen) atoms. The average Bonchev–Trinajstić information content (AvgIpc) is 2.47. The van der Waals surface area contributed by atoms with Crippen molar-refractivity contribution in [3.8, 4) is 5.75 Å². The second kappa shape index (κ2) is 6.27. The average molecular weight is 288 g/mol. The van der Waals surface area contributed by atoms with Crippen LogP contribution < -0.4 is 10.1 Å². The lowest BCUT2D eigenvalue weighted by Gasteiger charge is -2.39. The Bertz CT molecular complexity index is 478. The maximum Gasteiger partial charge on any atom is 0.142 e. The lowest BCUT2D eigenvalue weighted by Crippen LogP contribution is -2.44. The van der Waals surface area contributed by atoms with Crippen molar-refractivity contribution in [1.82, 2.24) is 4.90 Å². The van der Waals surface area contributed by atoms with Gasteiger partial charge >= 0.3 is 0 Å². The molecule has 1 saturated heterocycles. The number of piperidine rings is 1. The Morgan fingerprint density at radius 1 is 1.19 bits per heavy atom. The van der Waals surface area contributed by atoms with E-state index in [2.05, 4.69) is 49.2 Å². The Balaban J connectivity index is 1.63. The smallest absolute Gasteiger partial charge is 0.142 e. The van der Waals surface area contributed by atoms with Crippen LogP contribution in [0.5, 0.6) is 5.75 Å². The van der Waals surface area contributed by atoms with Crippen LogP contribution in [0.2, 0.25) is 0 Å². The van der Waals surface area contributed by atoms with Crippen molar-refractivity contribution in [2.75, 3.05) is 18.4 Å². The van der Waals surface area contributed by atoms with E-state index in [0.717, 1.165) is 36.5 Å². The molecule has 0 amide bonds.